The standard InChI is InChI=1S/C9H10F3N3O3/c1-14-2-6(13-5-14)8(18)15(3-7(16)17)4-9(10,11)12/h2,5H,3-4H2,1H3,(H,16,17). The summed E-state index contributed by atoms with van der Waals surface area (Å²) in [6.45, 7) is -2.66. The van der Waals surface area contributed by atoms with E-state index in [1.165, 1.54) is 24.1 Å². The molecule has 0 radical (unpaired) electrons. The predicted octanol–water partition coefficient (Wildman–Crippen LogP) is 0.509. The third-order valence-corrected chi connectivity index (χ3v) is 1.91. The molecular weight excluding hydrogens is 255 g/mol. The van der Waals surface area contributed by atoms with Crippen molar-refractivity contribution in [2.24, 2.45) is 7.05 Å². The van der Waals surface area contributed by atoms with E-state index < -0.39 is 31.1 Å². The van der Waals surface area contributed by atoms with Crippen molar-refractivity contribution in [1.29, 1.82) is 0 Å². The van der Waals surface area contributed by atoms with Gasteiger partial charge in [0.05, 0.1) is 6.33 Å². The second-order valence-corrected chi connectivity index (χ2v) is 3.59. The number of hydrogen-bond donors (Lipinski definition) is 1. The number of amides is 1. The molecule has 1 rings (SSSR count). The maximum Gasteiger partial charge on any atom is 0.406 e. The van der Waals surface area contributed by atoms with Crippen LogP contribution in [-0.2, 0) is 11.8 Å². The molecule has 0 aromatic carbocycles. The van der Waals surface area contributed by atoms with Crippen molar-refractivity contribution in [2.75, 3.05) is 13.1 Å². The first kappa shape index (κ1) is 14.0. The Morgan fingerprint density at radius 2 is 2.11 bits per heavy atom. The van der Waals surface area contributed by atoms with Gasteiger partial charge in [-0.3, -0.25) is 9.59 Å². The summed E-state index contributed by atoms with van der Waals surface area (Å²) < 4.78 is 38.0. The number of carboxylic acid groups (broad SMARTS) is 1. The van der Waals surface area contributed by atoms with E-state index in [0.717, 1.165) is 0 Å². The van der Waals surface area contributed by atoms with Crippen molar-refractivity contribution in [3.05, 3.63) is 18.2 Å². The molecule has 0 bridgehead atoms. The van der Waals surface area contributed by atoms with Crippen LogP contribution in [0.1, 0.15) is 10.5 Å². The lowest BCUT2D eigenvalue weighted by Gasteiger charge is -2.20. The van der Waals surface area contributed by atoms with E-state index in [2.05, 4.69) is 4.98 Å². The molecule has 1 aromatic heterocycles. The molecule has 0 saturated carbocycles. The summed E-state index contributed by atoms with van der Waals surface area (Å²) in [5.41, 5.74) is -0.233. The van der Waals surface area contributed by atoms with Crippen LogP contribution >= 0.6 is 0 Å². The Morgan fingerprint density at radius 1 is 1.50 bits per heavy atom. The molecule has 0 saturated heterocycles. The fourth-order valence-corrected chi connectivity index (χ4v) is 1.26. The summed E-state index contributed by atoms with van der Waals surface area (Å²) >= 11 is 0. The SMILES string of the molecule is Cn1cnc(C(=O)N(CC(=O)O)CC(F)(F)F)c1. The molecule has 1 aromatic rings. The van der Waals surface area contributed by atoms with Crippen molar-refractivity contribution in [3.8, 4) is 0 Å². The van der Waals surface area contributed by atoms with E-state index in [0.29, 0.717) is 0 Å². The zero-order valence-electron chi connectivity index (χ0n) is 9.31. The minimum absolute atomic E-state index is 0.185. The van der Waals surface area contributed by atoms with E-state index in [-0.39, 0.29) is 10.6 Å². The van der Waals surface area contributed by atoms with E-state index in [1.807, 2.05) is 0 Å². The molecule has 0 atom stereocenters. The molecule has 1 N–H and O–H groups in total. The Kier molecular flexibility index (Phi) is 3.94. The van der Waals surface area contributed by atoms with Crippen LogP contribution in [0, 0.1) is 0 Å². The highest BCUT2D eigenvalue weighted by Crippen LogP contribution is 2.17. The molecular formula is C9H10F3N3O3. The van der Waals surface area contributed by atoms with Gasteiger partial charge in [-0.25, -0.2) is 4.98 Å². The van der Waals surface area contributed by atoms with Gasteiger partial charge in [0, 0.05) is 13.2 Å². The summed E-state index contributed by atoms with van der Waals surface area (Å²) in [6, 6.07) is 0. The highest BCUT2D eigenvalue weighted by atomic mass is 19.4. The smallest absolute Gasteiger partial charge is 0.406 e. The van der Waals surface area contributed by atoms with Crippen molar-refractivity contribution >= 4 is 11.9 Å². The first-order chi connectivity index (χ1) is 8.19. The van der Waals surface area contributed by atoms with Crippen LogP contribution in [0.25, 0.3) is 0 Å². The summed E-state index contributed by atoms with van der Waals surface area (Å²) in [6.07, 6.45) is -2.22. The number of hydrogen-bond acceptors (Lipinski definition) is 3. The number of carboxylic acids is 1. The Bertz CT molecular complexity index is 455. The average molecular weight is 265 g/mol. The number of imidazole rings is 1. The van der Waals surface area contributed by atoms with Crippen LogP contribution in [0.5, 0.6) is 0 Å². The summed E-state index contributed by atoms with van der Waals surface area (Å²) in [4.78, 5) is 25.9. The molecule has 1 amide bonds. The fourth-order valence-electron chi connectivity index (χ4n) is 1.26. The molecule has 6 nitrogen and oxygen atoms in total. The van der Waals surface area contributed by atoms with Crippen LogP contribution in [0.2, 0.25) is 0 Å². The number of rotatable bonds is 4. The van der Waals surface area contributed by atoms with E-state index >= 15 is 0 Å². The molecule has 0 spiro atoms. The normalized spacial score (nSPS) is 11.3. The van der Waals surface area contributed by atoms with Gasteiger partial charge in [-0.15, -0.1) is 0 Å². The zero-order valence-corrected chi connectivity index (χ0v) is 9.31. The minimum atomic E-state index is -4.67. The van der Waals surface area contributed by atoms with Gasteiger partial charge in [0.15, 0.2) is 0 Å². The van der Waals surface area contributed by atoms with Crippen molar-refractivity contribution in [3.63, 3.8) is 0 Å². The maximum atomic E-state index is 12.2. The fraction of sp³-hybridized carbons (Fsp3) is 0.444. The summed E-state index contributed by atoms with van der Waals surface area (Å²) in [5.74, 6) is -2.60. The van der Waals surface area contributed by atoms with Gasteiger partial charge >= 0.3 is 12.1 Å². The number of carbonyl (C=O) groups excluding carboxylic acids is 1. The number of nitrogens with zero attached hydrogens (tertiary/aromatic N) is 3. The monoisotopic (exact) mass is 265 g/mol. The minimum Gasteiger partial charge on any atom is -0.480 e. The number of aromatic nitrogens is 2. The molecule has 0 aliphatic heterocycles. The van der Waals surface area contributed by atoms with Gasteiger partial charge in [-0.05, 0) is 0 Å². The predicted molar refractivity (Wildman–Crippen MR) is 52.8 cm³/mol. The second kappa shape index (κ2) is 5.07. The maximum absolute atomic E-state index is 12.2. The first-order valence-electron chi connectivity index (χ1n) is 4.75. The van der Waals surface area contributed by atoms with E-state index in [1.54, 1.807) is 0 Å². The number of alkyl halides is 3. The third kappa shape index (κ3) is 4.07. The average Bonchev–Trinajstić information content (AvgIpc) is 2.59. The number of aryl methyl sites for hydroxylation is 1. The Hall–Kier alpha value is -2.06. The van der Waals surface area contributed by atoms with Crippen LogP contribution in [0.3, 0.4) is 0 Å². The lowest BCUT2D eigenvalue weighted by Crippen LogP contribution is -2.42. The lowest BCUT2D eigenvalue weighted by atomic mass is 10.3. The van der Waals surface area contributed by atoms with Crippen molar-refractivity contribution in [1.82, 2.24) is 14.5 Å². The van der Waals surface area contributed by atoms with Crippen LogP contribution in [0.4, 0.5) is 13.2 Å². The van der Waals surface area contributed by atoms with Gasteiger partial charge < -0.3 is 14.6 Å². The van der Waals surface area contributed by atoms with Gasteiger partial charge in [0.1, 0.15) is 18.8 Å². The van der Waals surface area contributed by atoms with Crippen LogP contribution in [0.15, 0.2) is 12.5 Å². The first-order valence-corrected chi connectivity index (χ1v) is 4.75. The molecule has 18 heavy (non-hydrogen) atoms. The Morgan fingerprint density at radius 3 is 2.50 bits per heavy atom. The van der Waals surface area contributed by atoms with E-state index in [4.69, 9.17) is 5.11 Å². The number of halogens is 3. The molecule has 0 fully saturated rings. The van der Waals surface area contributed by atoms with E-state index in [9.17, 15) is 22.8 Å². The van der Waals surface area contributed by atoms with Crippen molar-refractivity contribution in [2.45, 2.75) is 6.18 Å². The highest BCUT2D eigenvalue weighted by molar-refractivity contribution is 5.94. The number of aliphatic carboxylic acids is 1. The Labute approximate surface area is 99.6 Å². The summed E-state index contributed by atoms with van der Waals surface area (Å²) in [7, 11) is 1.54. The molecule has 9 heteroatoms. The quantitative estimate of drug-likeness (QED) is 0.860. The summed E-state index contributed by atoms with van der Waals surface area (Å²) in [5, 5.41) is 8.49. The van der Waals surface area contributed by atoms with Gasteiger partial charge in [0.2, 0.25) is 0 Å². The largest absolute Gasteiger partial charge is 0.480 e. The molecule has 100 valence electrons. The third-order valence-electron chi connectivity index (χ3n) is 1.91. The van der Waals surface area contributed by atoms with Crippen LogP contribution in [-0.4, -0.2) is 50.7 Å². The zero-order chi connectivity index (χ0) is 13.9. The highest BCUT2D eigenvalue weighted by Gasteiger charge is 2.34. The van der Waals surface area contributed by atoms with Crippen molar-refractivity contribution < 1.29 is 27.9 Å². The molecule has 1 heterocycles. The van der Waals surface area contributed by atoms with Gasteiger partial charge in [-0.1, -0.05) is 0 Å². The second-order valence-electron chi connectivity index (χ2n) is 3.59. The molecule has 0 aliphatic carbocycles. The Balaban J connectivity index is 2.88. The molecule has 0 aliphatic rings. The topological polar surface area (TPSA) is 75.4 Å². The number of carbonyl (C=O) groups is 2. The van der Waals surface area contributed by atoms with Gasteiger partial charge in [0.25, 0.3) is 5.91 Å². The van der Waals surface area contributed by atoms with Gasteiger partial charge in [-0.2, -0.15) is 13.2 Å². The van der Waals surface area contributed by atoms with Crippen LogP contribution < -0.4 is 0 Å². The molecule has 0 unspecified atom stereocenters. The lowest BCUT2D eigenvalue weighted by molar-refractivity contribution is -0.149.